The zero-order chi connectivity index (χ0) is 14.8. The first-order chi connectivity index (χ1) is 8.65. The molecular formula is C10H14F3NO5. The molecular weight excluding hydrogens is 271 g/mol. The number of hydrogen-bond donors (Lipinski definition) is 1. The minimum atomic E-state index is -5.06. The van der Waals surface area contributed by atoms with Gasteiger partial charge in [-0.2, -0.15) is 13.2 Å². The van der Waals surface area contributed by atoms with Crippen molar-refractivity contribution >= 4 is 11.9 Å². The molecule has 1 heterocycles. The fraction of sp³-hybridized carbons (Fsp3) is 0.800. The van der Waals surface area contributed by atoms with Gasteiger partial charge < -0.3 is 19.5 Å². The maximum Gasteiger partial charge on any atom is 0.471 e. The summed E-state index contributed by atoms with van der Waals surface area (Å²) in [5.41, 5.74) is 0. The van der Waals surface area contributed by atoms with E-state index in [1.807, 2.05) is 0 Å². The number of carboxylic acids is 1. The Balaban J connectivity index is 3.00. The molecule has 1 rings (SSSR count). The summed E-state index contributed by atoms with van der Waals surface area (Å²) in [4.78, 5) is 22.6. The Morgan fingerprint density at radius 2 is 1.84 bits per heavy atom. The van der Waals surface area contributed by atoms with Crippen LogP contribution < -0.4 is 0 Å². The molecule has 0 aromatic heterocycles. The highest BCUT2D eigenvalue weighted by atomic mass is 19.4. The Morgan fingerprint density at radius 1 is 1.32 bits per heavy atom. The Hall–Kier alpha value is -1.35. The monoisotopic (exact) mass is 285 g/mol. The van der Waals surface area contributed by atoms with Crippen molar-refractivity contribution in [3.8, 4) is 0 Å². The van der Waals surface area contributed by atoms with Gasteiger partial charge in [-0.25, -0.2) is 0 Å². The first-order valence-electron chi connectivity index (χ1n) is 5.34. The Morgan fingerprint density at radius 3 is 2.21 bits per heavy atom. The van der Waals surface area contributed by atoms with E-state index in [-0.39, 0.29) is 6.42 Å². The normalized spacial score (nSPS) is 23.2. The fourth-order valence-corrected chi connectivity index (χ4v) is 2.00. The number of alkyl halides is 3. The third-order valence-corrected chi connectivity index (χ3v) is 3.05. The lowest BCUT2D eigenvalue weighted by Crippen LogP contribution is -2.59. The van der Waals surface area contributed by atoms with Crippen molar-refractivity contribution < 1.29 is 37.3 Å². The van der Waals surface area contributed by atoms with Gasteiger partial charge in [0.1, 0.15) is 0 Å². The lowest BCUT2D eigenvalue weighted by molar-refractivity contribution is -0.248. The van der Waals surface area contributed by atoms with Crippen molar-refractivity contribution in [2.24, 2.45) is 5.92 Å². The van der Waals surface area contributed by atoms with Gasteiger partial charge in [0.05, 0.1) is 12.5 Å². The van der Waals surface area contributed by atoms with Crippen molar-refractivity contribution in [1.82, 2.24) is 4.90 Å². The van der Waals surface area contributed by atoms with Crippen LogP contribution in [0.15, 0.2) is 0 Å². The Kier molecular flexibility index (Phi) is 4.41. The second kappa shape index (κ2) is 5.33. The van der Waals surface area contributed by atoms with Crippen LogP contribution in [0.2, 0.25) is 0 Å². The number of ether oxygens (including phenoxy) is 2. The van der Waals surface area contributed by atoms with E-state index in [2.05, 4.69) is 0 Å². The minimum absolute atomic E-state index is 0.128. The molecule has 0 aromatic carbocycles. The number of aliphatic carboxylic acids is 1. The second-order valence-corrected chi connectivity index (χ2v) is 4.24. The van der Waals surface area contributed by atoms with Gasteiger partial charge >= 0.3 is 18.1 Å². The number of carbonyl (C=O) groups is 2. The summed E-state index contributed by atoms with van der Waals surface area (Å²) in [6, 6.07) is 0. The summed E-state index contributed by atoms with van der Waals surface area (Å²) < 4.78 is 47.1. The van der Waals surface area contributed by atoms with Crippen LogP contribution in [0.5, 0.6) is 0 Å². The average molecular weight is 285 g/mol. The summed E-state index contributed by atoms with van der Waals surface area (Å²) in [5.74, 6) is -6.13. The lowest BCUT2D eigenvalue weighted by Gasteiger charge is -2.43. The minimum Gasteiger partial charge on any atom is -0.481 e. The summed E-state index contributed by atoms with van der Waals surface area (Å²) in [6.07, 6.45) is -5.19. The van der Waals surface area contributed by atoms with E-state index in [1.54, 1.807) is 0 Å². The van der Waals surface area contributed by atoms with Gasteiger partial charge in [-0.15, -0.1) is 0 Å². The average Bonchev–Trinajstić information content (AvgIpc) is 2.35. The standard InChI is InChI=1S/C10H14F3NO5/c1-18-9(19-2)3-6(7(15)16)4-14(5-9)8(17)10(11,12)13/h6H,3-5H2,1-2H3,(H,15,16). The molecule has 1 aliphatic rings. The molecule has 9 heteroatoms. The number of rotatable bonds is 3. The number of likely N-dealkylation sites (tertiary alicyclic amines) is 1. The Labute approximate surface area is 107 Å². The smallest absolute Gasteiger partial charge is 0.471 e. The number of nitrogens with zero attached hydrogens (tertiary/aromatic N) is 1. The summed E-state index contributed by atoms with van der Waals surface area (Å²) in [7, 11) is 2.37. The van der Waals surface area contributed by atoms with Gasteiger partial charge in [0.2, 0.25) is 0 Å². The van der Waals surface area contributed by atoms with Gasteiger partial charge in [0, 0.05) is 27.2 Å². The molecule has 0 bridgehead atoms. The van der Waals surface area contributed by atoms with E-state index < -0.39 is 42.8 Å². The quantitative estimate of drug-likeness (QED) is 0.763. The fourth-order valence-electron chi connectivity index (χ4n) is 2.00. The number of amides is 1. The molecule has 110 valence electrons. The molecule has 1 fully saturated rings. The molecule has 0 spiro atoms. The predicted molar refractivity (Wildman–Crippen MR) is 55.1 cm³/mol. The van der Waals surface area contributed by atoms with Crippen LogP contribution in [0.25, 0.3) is 0 Å². The largest absolute Gasteiger partial charge is 0.481 e. The van der Waals surface area contributed by atoms with Crippen LogP contribution in [0.1, 0.15) is 6.42 Å². The zero-order valence-corrected chi connectivity index (χ0v) is 10.4. The molecule has 1 aliphatic heterocycles. The highest BCUT2D eigenvalue weighted by Gasteiger charge is 2.50. The molecule has 0 radical (unpaired) electrons. The van der Waals surface area contributed by atoms with Crippen molar-refractivity contribution in [1.29, 1.82) is 0 Å². The number of methoxy groups -OCH3 is 2. The van der Waals surface area contributed by atoms with Crippen molar-refractivity contribution in [3.63, 3.8) is 0 Å². The van der Waals surface area contributed by atoms with Crippen LogP contribution in [0, 0.1) is 5.92 Å². The predicted octanol–water partition coefficient (Wildman–Crippen LogP) is 0.471. The van der Waals surface area contributed by atoms with Crippen molar-refractivity contribution in [3.05, 3.63) is 0 Å². The zero-order valence-electron chi connectivity index (χ0n) is 10.4. The number of halogens is 3. The van der Waals surface area contributed by atoms with E-state index in [1.165, 1.54) is 14.2 Å². The summed E-state index contributed by atoms with van der Waals surface area (Å²) in [6.45, 7) is -0.996. The van der Waals surface area contributed by atoms with Gasteiger partial charge in [0.25, 0.3) is 0 Å². The van der Waals surface area contributed by atoms with E-state index in [0.717, 1.165) is 0 Å². The molecule has 1 unspecified atom stereocenters. The van der Waals surface area contributed by atoms with Gasteiger partial charge in [0.15, 0.2) is 5.79 Å². The lowest BCUT2D eigenvalue weighted by atomic mass is 9.93. The number of piperidine rings is 1. The molecule has 1 atom stereocenters. The molecule has 0 aromatic rings. The molecule has 1 amide bonds. The SMILES string of the molecule is COC1(OC)CC(C(=O)O)CN(C(=O)C(F)(F)F)C1. The number of carboxylic acid groups (broad SMARTS) is 1. The third-order valence-electron chi connectivity index (χ3n) is 3.05. The summed E-state index contributed by atoms with van der Waals surface area (Å²) in [5, 5.41) is 8.93. The van der Waals surface area contributed by atoms with E-state index in [4.69, 9.17) is 14.6 Å². The molecule has 0 saturated carbocycles. The molecule has 1 N–H and O–H groups in total. The number of carbonyl (C=O) groups excluding carboxylic acids is 1. The molecule has 6 nitrogen and oxygen atoms in total. The van der Waals surface area contributed by atoms with Crippen LogP contribution in [-0.2, 0) is 19.1 Å². The maximum atomic E-state index is 12.4. The highest BCUT2D eigenvalue weighted by molar-refractivity contribution is 5.83. The van der Waals surface area contributed by atoms with E-state index in [9.17, 15) is 22.8 Å². The third kappa shape index (κ3) is 3.35. The maximum absolute atomic E-state index is 12.4. The molecule has 1 saturated heterocycles. The molecule has 0 aliphatic carbocycles. The van der Waals surface area contributed by atoms with Gasteiger partial charge in [-0.1, -0.05) is 0 Å². The van der Waals surface area contributed by atoms with E-state index in [0.29, 0.717) is 4.90 Å². The molecule has 19 heavy (non-hydrogen) atoms. The van der Waals surface area contributed by atoms with Gasteiger partial charge in [-0.05, 0) is 0 Å². The van der Waals surface area contributed by atoms with Crippen LogP contribution in [-0.4, -0.2) is 61.2 Å². The van der Waals surface area contributed by atoms with Crippen LogP contribution in [0.4, 0.5) is 13.2 Å². The first-order valence-corrected chi connectivity index (χ1v) is 5.34. The summed E-state index contributed by atoms with van der Waals surface area (Å²) >= 11 is 0. The number of hydrogen-bond acceptors (Lipinski definition) is 4. The topological polar surface area (TPSA) is 76.1 Å². The highest BCUT2D eigenvalue weighted by Crippen LogP contribution is 2.31. The van der Waals surface area contributed by atoms with Crippen LogP contribution >= 0.6 is 0 Å². The van der Waals surface area contributed by atoms with Crippen molar-refractivity contribution in [2.45, 2.75) is 18.4 Å². The first kappa shape index (κ1) is 15.7. The van der Waals surface area contributed by atoms with Crippen LogP contribution in [0.3, 0.4) is 0 Å². The Bertz CT molecular complexity index is 367. The van der Waals surface area contributed by atoms with Gasteiger partial charge in [-0.3, -0.25) is 9.59 Å². The van der Waals surface area contributed by atoms with E-state index >= 15 is 0 Å². The second-order valence-electron chi connectivity index (χ2n) is 4.24. The van der Waals surface area contributed by atoms with Crippen molar-refractivity contribution in [2.75, 3.05) is 27.3 Å².